The molecule has 6 nitrogen and oxygen atoms in total. The molecule has 0 radical (unpaired) electrons. The number of hydrogen-bond acceptors (Lipinski definition) is 6. The molecule has 1 rings (SSSR count). The van der Waals surface area contributed by atoms with Crippen LogP contribution in [0.15, 0.2) is 22.3 Å². The van der Waals surface area contributed by atoms with Crippen molar-refractivity contribution in [3.05, 3.63) is 22.3 Å². The predicted octanol–water partition coefficient (Wildman–Crippen LogP) is 3.16. The third-order valence-corrected chi connectivity index (χ3v) is 4.07. The third kappa shape index (κ3) is 10.6. The molecule has 0 aromatic carbocycles. The summed E-state index contributed by atoms with van der Waals surface area (Å²) in [5, 5.41) is 0. The molecule has 0 heterocycles. The van der Waals surface area contributed by atoms with Crippen molar-refractivity contribution in [1.82, 2.24) is 0 Å². The van der Waals surface area contributed by atoms with Crippen LogP contribution >= 0.6 is 0 Å². The van der Waals surface area contributed by atoms with Crippen molar-refractivity contribution in [2.75, 3.05) is 0 Å². The van der Waals surface area contributed by atoms with Gasteiger partial charge in [-0.05, 0) is 45.3 Å². The van der Waals surface area contributed by atoms with Gasteiger partial charge in [-0.3, -0.25) is 0 Å². The Morgan fingerprint density at radius 2 is 0.846 bits per heavy atom. The van der Waals surface area contributed by atoms with E-state index >= 15 is 0 Å². The maximum absolute atomic E-state index is 10.7. The molecule has 15 heteroatoms. The van der Waals surface area contributed by atoms with Crippen LogP contribution in [-0.2, 0) is 39.7 Å². The van der Waals surface area contributed by atoms with Gasteiger partial charge in [-0.25, -0.2) is 16.8 Å². The van der Waals surface area contributed by atoms with Gasteiger partial charge in [-0.15, -0.1) is 0 Å². The van der Waals surface area contributed by atoms with Gasteiger partial charge in [0, 0.05) is 0 Å². The van der Waals surface area contributed by atoms with E-state index in [1.807, 2.05) is 0 Å². The maximum atomic E-state index is 10.7. The topological polar surface area (TPSA) is 114 Å². The average Bonchev–Trinajstić information content (AvgIpc) is 2.52. The summed E-state index contributed by atoms with van der Waals surface area (Å²) in [4.78, 5) is 0. The van der Waals surface area contributed by atoms with E-state index in [0.717, 1.165) is 0 Å². The Hall–Kier alpha value is -0.497. The van der Waals surface area contributed by atoms with Crippen LogP contribution in [0.25, 0.3) is 0 Å². The number of halogens is 6. The Morgan fingerprint density at radius 3 is 0.885 bits per heavy atom. The molecule has 0 saturated heterocycles. The molecule has 0 spiro atoms. The monoisotopic (exact) mass is 522 g/mol. The zero-order valence-corrected chi connectivity index (χ0v) is 17.0. The fourth-order valence-corrected chi connectivity index (χ4v) is 1.30. The second-order valence-electron chi connectivity index (χ2n) is 4.79. The minimum Gasteiger partial charge on any atom is -0.741 e. The number of allylic oxidation sites excluding steroid dienone is 4. The van der Waals surface area contributed by atoms with Crippen LogP contribution in [0.3, 0.4) is 0 Å². The van der Waals surface area contributed by atoms with Gasteiger partial charge >= 0.3 is 30.5 Å². The van der Waals surface area contributed by atoms with Crippen LogP contribution in [0.1, 0.15) is 34.1 Å². The Labute approximate surface area is 159 Å². The van der Waals surface area contributed by atoms with Crippen molar-refractivity contribution < 1.29 is 71.8 Å². The van der Waals surface area contributed by atoms with Crippen molar-refractivity contribution in [1.29, 1.82) is 0 Å². The Kier molecular flexibility index (Phi) is 11.8. The molecule has 0 fully saturated rings. The van der Waals surface area contributed by atoms with E-state index in [2.05, 4.69) is 27.7 Å². The molecule has 0 N–H and O–H groups in total. The van der Waals surface area contributed by atoms with E-state index in [0.29, 0.717) is 0 Å². The Morgan fingerprint density at radius 1 is 0.692 bits per heavy atom. The van der Waals surface area contributed by atoms with Crippen LogP contribution in [0.4, 0.5) is 26.3 Å². The summed E-state index contributed by atoms with van der Waals surface area (Å²) in [7, 11) is -12.2. The first-order valence-corrected chi connectivity index (χ1v) is 8.82. The first kappa shape index (κ1) is 30.2. The molecule has 0 amide bonds. The Balaban J connectivity index is -0.000000301. The van der Waals surface area contributed by atoms with Crippen LogP contribution < -0.4 is 0 Å². The van der Waals surface area contributed by atoms with E-state index < -0.39 is 31.3 Å². The summed E-state index contributed by atoms with van der Waals surface area (Å²) in [5.74, 6) is 0. The van der Waals surface area contributed by atoms with Crippen LogP contribution in [0.5, 0.6) is 0 Å². The van der Waals surface area contributed by atoms with Gasteiger partial charge in [-0.2, -0.15) is 26.3 Å². The van der Waals surface area contributed by atoms with Gasteiger partial charge in [0.05, 0.1) is 0 Å². The van der Waals surface area contributed by atoms with Crippen LogP contribution in [0, 0.1) is 0 Å². The molecule has 156 valence electrons. The second kappa shape index (κ2) is 10.2. The smallest absolute Gasteiger partial charge is 0.741 e. The summed E-state index contributed by atoms with van der Waals surface area (Å²) in [6.07, 6.45) is 1.21. The summed E-state index contributed by atoms with van der Waals surface area (Å²) in [5.41, 5.74) is -5.19. The predicted molar refractivity (Wildman–Crippen MR) is 72.9 cm³/mol. The zero-order valence-electron chi connectivity index (χ0n) is 13.6. The van der Waals surface area contributed by atoms with Crippen molar-refractivity contribution >= 4 is 20.2 Å². The van der Waals surface area contributed by atoms with E-state index in [-0.39, 0.29) is 19.5 Å². The van der Waals surface area contributed by atoms with Crippen molar-refractivity contribution in [3.63, 3.8) is 0 Å². The quantitative estimate of drug-likeness (QED) is 0.209. The number of alkyl halides is 6. The molecule has 0 aliphatic heterocycles. The molecule has 0 unspecified atom stereocenters. The first-order chi connectivity index (χ1) is 10.6. The number of rotatable bonds is 0. The fourth-order valence-electron chi connectivity index (χ4n) is 1.30. The summed E-state index contributed by atoms with van der Waals surface area (Å²) >= 11 is 0. The largest absolute Gasteiger partial charge is 2.00 e. The molecule has 0 atom stereocenters. The number of hydrogen-bond donors (Lipinski definition) is 0. The normalized spacial score (nSPS) is 15.5. The zero-order chi connectivity index (χ0) is 21.0. The van der Waals surface area contributed by atoms with Crippen molar-refractivity contribution in [2.45, 2.75) is 45.1 Å². The third-order valence-electron chi connectivity index (χ3n) is 2.94. The molecule has 0 aromatic rings. The fraction of sp³-hybridized carbons (Fsp3) is 0.636. The van der Waals surface area contributed by atoms with E-state index in [4.69, 9.17) is 25.9 Å². The van der Waals surface area contributed by atoms with Gasteiger partial charge < -0.3 is 9.11 Å². The molecule has 1 aliphatic rings. The van der Waals surface area contributed by atoms with Gasteiger partial charge in [0.1, 0.15) is 0 Å². The molecule has 0 saturated carbocycles. The first-order valence-electron chi connectivity index (χ1n) is 6.00. The van der Waals surface area contributed by atoms with E-state index in [1.54, 1.807) is 11.1 Å². The van der Waals surface area contributed by atoms with Crippen molar-refractivity contribution in [2.24, 2.45) is 0 Å². The summed E-state index contributed by atoms with van der Waals surface area (Å²) < 4.78 is 118. The summed E-state index contributed by atoms with van der Waals surface area (Å²) in [6.45, 7) is 8.85. The van der Waals surface area contributed by atoms with E-state index in [1.165, 1.54) is 17.6 Å². The van der Waals surface area contributed by atoms with Gasteiger partial charge in [-0.1, -0.05) is 11.1 Å². The molecule has 26 heavy (non-hydrogen) atoms. The van der Waals surface area contributed by atoms with Gasteiger partial charge in [0.2, 0.25) is 0 Å². The van der Waals surface area contributed by atoms with Gasteiger partial charge in [0.25, 0.3) is 0 Å². The average molecular weight is 521 g/mol. The van der Waals surface area contributed by atoms with E-state index in [9.17, 15) is 26.3 Å². The molecular formula is C11H14F6O6RuS2. The van der Waals surface area contributed by atoms with Gasteiger partial charge in [0.15, 0.2) is 20.2 Å². The minimum absolute atomic E-state index is 0. The summed E-state index contributed by atoms with van der Waals surface area (Å²) in [6, 6.07) is 0. The molecule has 1 aliphatic carbocycles. The molecule has 0 aromatic heterocycles. The SMILES string of the molecule is CC1=C(C)C(C)=C(C)C1.O=S(=O)([O-])C(F)(F)F.O=S(=O)([O-])C(F)(F)F.[Ru+2]. The minimum atomic E-state index is -6.09. The van der Waals surface area contributed by atoms with Crippen molar-refractivity contribution in [3.8, 4) is 0 Å². The molecule has 0 bridgehead atoms. The second-order valence-corrected chi connectivity index (χ2v) is 7.53. The maximum Gasteiger partial charge on any atom is 2.00 e. The Bertz CT molecular complexity index is 683. The standard InChI is InChI=1S/C9H14.2CHF3O3S.Ru/c1-6-5-7(2)9(4)8(6)3;2*2-1(3,4)8(5,6)7;/h5H2,1-4H3;2*(H,5,6,7);/q;;;+2/p-2. The van der Waals surface area contributed by atoms with Crippen LogP contribution in [-0.4, -0.2) is 37.0 Å². The van der Waals surface area contributed by atoms with Crippen LogP contribution in [0.2, 0.25) is 0 Å². The molecular weight excluding hydrogens is 507 g/mol.